The predicted molar refractivity (Wildman–Crippen MR) is 68.1 cm³/mol. The van der Waals surface area contributed by atoms with Gasteiger partial charge in [-0.15, -0.1) is 0 Å². The molecule has 5 heteroatoms. The molecule has 2 atom stereocenters. The Labute approximate surface area is 108 Å². The Balaban J connectivity index is 2.07. The molecule has 0 aliphatic carbocycles. The number of carbonyl (C=O) groups excluding carboxylic acids is 1. The van der Waals surface area contributed by atoms with Crippen molar-refractivity contribution in [1.29, 1.82) is 0 Å². The summed E-state index contributed by atoms with van der Waals surface area (Å²) in [5.41, 5.74) is -1.29. The van der Waals surface area contributed by atoms with Gasteiger partial charge in [-0.1, -0.05) is 0 Å². The van der Waals surface area contributed by atoms with Gasteiger partial charge in [0.25, 0.3) is 0 Å². The highest BCUT2D eigenvalue weighted by molar-refractivity contribution is 5.69. The number of hydrogen-bond acceptors (Lipinski definition) is 4. The van der Waals surface area contributed by atoms with Crippen LogP contribution in [0.3, 0.4) is 0 Å². The quantitative estimate of drug-likeness (QED) is 0.697. The number of amides is 1. The molecule has 2 saturated heterocycles. The minimum Gasteiger partial charge on any atom is -0.444 e. The van der Waals surface area contributed by atoms with Crippen molar-refractivity contribution in [3.63, 3.8) is 0 Å². The average Bonchev–Trinajstić information content (AvgIpc) is 2.50. The van der Waals surface area contributed by atoms with Crippen molar-refractivity contribution in [2.24, 2.45) is 0 Å². The number of carbonyl (C=O) groups is 1. The lowest BCUT2D eigenvalue weighted by Crippen LogP contribution is -2.58. The van der Waals surface area contributed by atoms with Crippen LogP contribution in [0, 0.1) is 0 Å². The molecule has 5 nitrogen and oxygen atoms in total. The third-order valence-corrected chi connectivity index (χ3v) is 3.84. The van der Waals surface area contributed by atoms with Crippen molar-refractivity contribution in [1.82, 2.24) is 10.2 Å². The zero-order chi connectivity index (χ0) is 13.6. The van der Waals surface area contributed by atoms with Crippen LogP contribution in [0.15, 0.2) is 0 Å². The zero-order valence-corrected chi connectivity index (χ0v) is 11.7. The Morgan fingerprint density at radius 3 is 2.22 bits per heavy atom. The van der Waals surface area contributed by atoms with E-state index in [0.717, 1.165) is 12.8 Å². The van der Waals surface area contributed by atoms with Crippen molar-refractivity contribution in [3.05, 3.63) is 0 Å². The lowest BCUT2D eigenvalue weighted by Gasteiger charge is -2.43. The second-order valence-electron chi connectivity index (χ2n) is 6.46. The molecular formula is C13H24N2O3. The number of nitrogens with zero attached hydrogens (tertiary/aromatic N) is 1. The summed E-state index contributed by atoms with van der Waals surface area (Å²) in [6.45, 7) is 5.63. The van der Waals surface area contributed by atoms with Crippen LogP contribution in [0.5, 0.6) is 0 Å². The summed E-state index contributed by atoms with van der Waals surface area (Å²) >= 11 is 0. The van der Waals surface area contributed by atoms with Gasteiger partial charge in [0.05, 0.1) is 0 Å². The first-order valence-corrected chi connectivity index (χ1v) is 6.67. The molecule has 0 aromatic heterocycles. The van der Waals surface area contributed by atoms with Crippen molar-refractivity contribution in [2.75, 3.05) is 7.05 Å². The Bertz CT molecular complexity index is 324. The monoisotopic (exact) mass is 256 g/mol. The molecule has 2 heterocycles. The fraction of sp³-hybridized carbons (Fsp3) is 0.923. The molecule has 2 aliphatic rings. The molecule has 2 unspecified atom stereocenters. The third-order valence-electron chi connectivity index (χ3n) is 3.84. The zero-order valence-electron chi connectivity index (χ0n) is 11.7. The van der Waals surface area contributed by atoms with E-state index in [1.807, 2.05) is 25.7 Å². The van der Waals surface area contributed by atoms with E-state index in [-0.39, 0.29) is 18.2 Å². The maximum Gasteiger partial charge on any atom is 0.410 e. The number of piperidine rings is 1. The molecule has 1 amide bonds. The van der Waals surface area contributed by atoms with Gasteiger partial charge in [0.2, 0.25) is 0 Å². The number of hydrogen-bond donors (Lipinski definition) is 2. The Hall–Kier alpha value is -0.810. The van der Waals surface area contributed by atoms with Crippen LogP contribution >= 0.6 is 0 Å². The van der Waals surface area contributed by atoms with Gasteiger partial charge in [-0.25, -0.2) is 4.79 Å². The minimum atomic E-state index is -0.829. The van der Waals surface area contributed by atoms with E-state index in [4.69, 9.17) is 4.74 Å². The van der Waals surface area contributed by atoms with Gasteiger partial charge in [0, 0.05) is 24.9 Å². The second-order valence-corrected chi connectivity index (χ2v) is 6.46. The summed E-state index contributed by atoms with van der Waals surface area (Å²) in [6.07, 6.45) is 2.83. The van der Waals surface area contributed by atoms with E-state index in [2.05, 4.69) is 5.32 Å². The normalized spacial score (nSPS) is 35.7. The molecular weight excluding hydrogens is 232 g/mol. The van der Waals surface area contributed by atoms with Crippen molar-refractivity contribution < 1.29 is 14.6 Å². The molecule has 2 aliphatic heterocycles. The van der Waals surface area contributed by atoms with E-state index in [0.29, 0.717) is 12.8 Å². The van der Waals surface area contributed by atoms with Crippen LogP contribution in [0.2, 0.25) is 0 Å². The molecule has 2 fully saturated rings. The van der Waals surface area contributed by atoms with Gasteiger partial charge in [0.1, 0.15) is 11.3 Å². The molecule has 0 radical (unpaired) electrons. The standard InChI is InChI=1S/C13H24N2O3/c1-12(2,3)18-11(16)15-9-5-6-10(15)8-13(17,7-9)14-4/h9-10,14,17H,5-8H2,1-4H3. The summed E-state index contributed by atoms with van der Waals surface area (Å²) in [6, 6.07) is 0.187. The fourth-order valence-electron chi connectivity index (χ4n) is 3.04. The fourth-order valence-corrected chi connectivity index (χ4v) is 3.04. The lowest BCUT2D eigenvalue weighted by atomic mass is 9.94. The van der Waals surface area contributed by atoms with E-state index in [1.165, 1.54) is 0 Å². The van der Waals surface area contributed by atoms with E-state index in [1.54, 1.807) is 7.05 Å². The van der Waals surface area contributed by atoms with Gasteiger partial charge in [-0.05, 0) is 40.7 Å². The minimum absolute atomic E-state index is 0.0936. The number of nitrogens with one attached hydrogen (secondary N) is 1. The maximum atomic E-state index is 12.2. The van der Waals surface area contributed by atoms with E-state index < -0.39 is 11.3 Å². The Morgan fingerprint density at radius 1 is 1.33 bits per heavy atom. The highest BCUT2D eigenvalue weighted by atomic mass is 16.6. The largest absolute Gasteiger partial charge is 0.444 e. The summed E-state index contributed by atoms with van der Waals surface area (Å²) in [5, 5.41) is 13.3. The number of ether oxygens (including phenoxy) is 1. The van der Waals surface area contributed by atoms with E-state index in [9.17, 15) is 9.90 Å². The number of rotatable bonds is 1. The number of aliphatic hydroxyl groups is 1. The molecule has 18 heavy (non-hydrogen) atoms. The van der Waals surface area contributed by atoms with Crippen LogP contribution in [-0.4, -0.2) is 46.6 Å². The van der Waals surface area contributed by atoms with Crippen molar-refractivity contribution >= 4 is 6.09 Å². The molecule has 0 saturated carbocycles. The van der Waals surface area contributed by atoms with Crippen LogP contribution in [0.25, 0.3) is 0 Å². The van der Waals surface area contributed by atoms with Crippen LogP contribution in [-0.2, 0) is 4.74 Å². The third kappa shape index (κ3) is 2.62. The molecule has 2 bridgehead atoms. The lowest BCUT2D eigenvalue weighted by molar-refractivity contribution is -0.0734. The molecule has 0 spiro atoms. The SMILES string of the molecule is CNC1(O)CC2CCC(C1)N2C(=O)OC(C)(C)C. The number of fused-ring (bicyclic) bond motifs is 2. The highest BCUT2D eigenvalue weighted by Crippen LogP contribution is 2.40. The van der Waals surface area contributed by atoms with Crippen LogP contribution < -0.4 is 5.32 Å². The molecule has 0 aromatic rings. The summed E-state index contributed by atoms with van der Waals surface area (Å²) in [5.74, 6) is 0. The van der Waals surface area contributed by atoms with Gasteiger partial charge < -0.3 is 14.7 Å². The smallest absolute Gasteiger partial charge is 0.410 e. The van der Waals surface area contributed by atoms with Gasteiger partial charge in [-0.3, -0.25) is 5.32 Å². The molecule has 2 N–H and O–H groups in total. The molecule has 2 rings (SSSR count). The van der Waals surface area contributed by atoms with Gasteiger partial charge >= 0.3 is 6.09 Å². The maximum absolute atomic E-state index is 12.2. The van der Waals surface area contributed by atoms with Gasteiger partial charge in [-0.2, -0.15) is 0 Å². The van der Waals surface area contributed by atoms with Crippen molar-refractivity contribution in [3.8, 4) is 0 Å². The highest BCUT2D eigenvalue weighted by Gasteiger charge is 2.49. The van der Waals surface area contributed by atoms with Crippen LogP contribution in [0.4, 0.5) is 4.79 Å². The first-order valence-electron chi connectivity index (χ1n) is 6.67. The van der Waals surface area contributed by atoms with Crippen LogP contribution in [0.1, 0.15) is 46.5 Å². The van der Waals surface area contributed by atoms with Gasteiger partial charge in [0.15, 0.2) is 0 Å². The summed E-state index contributed by atoms with van der Waals surface area (Å²) in [7, 11) is 1.77. The first-order chi connectivity index (χ1) is 8.24. The Morgan fingerprint density at radius 2 is 1.83 bits per heavy atom. The van der Waals surface area contributed by atoms with E-state index >= 15 is 0 Å². The predicted octanol–water partition coefficient (Wildman–Crippen LogP) is 1.46. The molecule has 0 aromatic carbocycles. The Kier molecular flexibility index (Phi) is 3.32. The summed E-state index contributed by atoms with van der Waals surface area (Å²) < 4.78 is 5.44. The summed E-state index contributed by atoms with van der Waals surface area (Å²) in [4.78, 5) is 14.0. The second kappa shape index (κ2) is 4.38. The first kappa shape index (κ1) is 13.6. The van der Waals surface area contributed by atoms with Crippen molar-refractivity contribution in [2.45, 2.75) is 69.9 Å². The topological polar surface area (TPSA) is 61.8 Å². The molecule has 104 valence electrons. The average molecular weight is 256 g/mol.